The molecule has 1 aliphatic heterocycles. The maximum Gasteiger partial charge on any atom is 0.434 e. The predicted octanol–water partition coefficient (Wildman–Crippen LogP) is 3.48. The second-order valence-corrected chi connectivity index (χ2v) is 7.30. The SMILES string of the molecule is CC(C)(C)OC(=O)N1Cc2c(cccc2-n2ncc(C(=O)O)c2C(F)(F)F)C1=O. The first-order valence-corrected chi connectivity index (χ1v) is 8.37. The Bertz CT molecular complexity index is 1020. The molecule has 2 heterocycles. The van der Waals surface area contributed by atoms with Crippen LogP contribution in [0.1, 0.15) is 52.7 Å². The maximum absolute atomic E-state index is 13.5. The summed E-state index contributed by atoms with van der Waals surface area (Å²) in [7, 11) is 0. The number of imide groups is 1. The lowest BCUT2D eigenvalue weighted by atomic mass is 10.1. The zero-order valence-electron chi connectivity index (χ0n) is 15.6. The first-order chi connectivity index (χ1) is 13.3. The number of carboxylic acids is 1. The number of carbonyl (C=O) groups excluding carboxylic acids is 2. The molecule has 0 fully saturated rings. The quantitative estimate of drug-likeness (QED) is 0.812. The molecule has 0 spiro atoms. The van der Waals surface area contributed by atoms with E-state index in [0.717, 1.165) is 4.90 Å². The summed E-state index contributed by atoms with van der Waals surface area (Å²) < 4.78 is 46.2. The summed E-state index contributed by atoms with van der Waals surface area (Å²) in [4.78, 5) is 36.9. The van der Waals surface area contributed by atoms with Gasteiger partial charge in [-0.1, -0.05) is 6.07 Å². The number of aromatic carboxylic acids is 1. The van der Waals surface area contributed by atoms with Crippen molar-refractivity contribution in [2.75, 3.05) is 0 Å². The number of alkyl halides is 3. The molecule has 1 N–H and O–H groups in total. The van der Waals surface area contributed by atoms with Gasteiger partial charge in [-0.2, -0.15) is 18.3 Å². The minimum Gasteiger partial charge on any atom is -0.478 e. The van der Waals surface area contributed by atoms with Crippen LogP contribution in [0.15, 0.2) is 24.4 Å². The molecule has 1 aliphatic rings. The van der Waals surface area contributed by atoms with E-state index in [4.69, 9.17) is 9.84 Å². The lowest BCUT2D eigenvalue weighted by molar-refractivity contribution is -0.143. The number of hydrogen-bond donors (Lipinski definition) is 1. The van der Waals surface area contributed by atoms with Crippen molar-refractivity contribution < 1.29 is 37.4 Å². The smallest absolute Gasteiger partial charge is 0.434 e. The van der Waals surface area contributed by atoms with Crippen molar-refractivity contribution >= 4 is 18.0 Å². The molecule has 3 rings (SSSR count). The predicted molar refractivity (Wildman–Crippen MR) is 91.6 cm³/mol. The molecular weight excluding hydrogens is 395 g/mol. The van der Waals surface area contributed by atoms with Gasteiger partial charge < -0.3 is 9.84 Å². The van der Waals surface area contributed by atoms with Crippen molar-refractivity contribution in [2.45, 2.75) is 39.1 Å². The Morgan fingerprint density at radius 2 is 1.86 bits per heavy atom. The molecule has 0 unspecified atom stereocenters. The van der Waals surface area contributed by atoms with Crippen LogP contribution in [0.2, 0.25) is 0 Å². The van der Waals surface area contributed by atoms with Gasteiger partial charge in [0.2, 0.25) is 0 Å². The van der Waals surface area contributed by atoms with E-state index in [1.807, 2.05) is 0 Å². The van der Waals surface area contributed by atoms with Gasteiger partial charge in [-0.05, 0) is 32.9 Å². The zero-order valence-corrected chi connectivity index (χ0v) is 15.6. The second kappa shape index (κ2) is 6.61. The van der Waals surface area contributed by atoms with Gasteiger partial charge in [-0.3, -0.25) is 4.79 Å². The number of benzene rings is 1. The molecule has 154 valence electrons. The fourth-order valence-electron chi connectivity index (χ4n) is 2.94. The molecule has 0 bridgehead atoms. The van der Waals surface area contributed by atoms with Crippen LogP contribution in [0.5, 0.6) is 0 Å². The van der Waals surface area contributed by atoms with Crippen molar-refractivity contribution in [1.29, 1.82) is 0 Å². The number of carbonyl (C=O) groups is 3. The highest BCUT2D eigenvalue weighted by Gasteiger charge is 2.42. The van der Waals surface area contributed by atoms with E-state index in [9.17, 15) is 27.6 Å². The Labute approximate surface area is 162 Å². The Morgan fingerprint density at radius 1 is 1.21 bits per heavy atom. The highest BCUT2D eigenvalue weighted by atomic mass is 19.4. The van der Waals surface area contributed by atoms with Crippen LogP contribution in [0.3, 0.4) is 0 Å². The summed E-state index contributed by atoms with van der Waals surface area (Å²) in [6.07, 6.45) is -5.36. The van der Waals surface area contributed by atoms with Crippen LogP contribution in [0, 0.1) is 0 Å². The van der Waals surface area contributed by atoms with Gasteiger partial charge in [0, 0.05) is 11.1 Å². The van der Waals surface area contributed by atoms with E-state index in [1.54, 1.807) is 20.8 Å². The lowest BCUT2D eigenvalue weighted by Crippen LogP contribution is -2.36. The van der Waals surface area contributed by atoms with E-state index in [-0.39, 0.29) is 23.4 Å². The van der Waals surface area contributed by atoms with Crippen LogP contribution >= 0.6 is 0 Å². The van der Waals surface area contributed by atoms with Crippen LogP contribution < -0.4 is 0 Å². The molecule has 11 heteroatoms. The highest BCUT2D eigenvalue weighted by molar-refractivity contribution is 6.07. The summed E-state index contributed by atoms with van der Waals surface area (Å²) in [5.74, 6) is -2.52. The number of rotatable bonds is 2. The van der Waals surface area contributed by atoms with Gasteiger partial charge >= 0.3 is 18.2 Å². The molecule has 0 saturated carbocycles. The largest absolute Gasteiger partial charge is 0.478 e. The molecule has 2 aromatic rings. The monoisotopic (exact) mass is 411 g/mol. The molecular formula is C18H16F3N3O5. The third-order valence-electron chi connectivity index (χ3n) is 4.05. The molecule has 0 aliphatic carbocycles. The van der Waals surface area contributed by atoms with Crippen LogP contribution in [0.4, 0.5) is 18.0 Å². The highest BCUT2D eigenvalue weighted by Crippen LogP contribution is 2.36. The summed E-state index contributed by atoms with van der Waals surface area (Å²) in [6.45, 7) is 4.49. The van der Waals surface area contributed by atoms with E-state index in [1.165, 1.54) is 18.2 Å². The summed E-state index contributed by atoms with van der Waals surface area (Å²) in [5, 5.41) is 12.6. The van der Waals surface area contributed by atoms with Crippen LogP contribution in [-0.2, 0) is 17.5 Å². The number of fused-ring (bicyclic) bond motifs is 1. The number of ether oxygens (including phenoxy) is 1. The van der Waals surface area contributed by atoms with Gasteiger partial charge in [0.15, 0.2) is 5.69 Å². The zero-order chi connectivity index (χ0) is 21.7. The minimum absolute atomic E-state index is 0.00820. The maximum atomic E-state index is 13.5. The average molecular weight is 411 g/mol. The minimum atomic E-state index is -5.01. The summed E-state index contributed by atoms with van der Waals surface area (Å²) in [5.41, 5.74) is -3.42. The Morgan fingerprint density at radius 3 is 2.41 bits per heavy atom. The fourth-order valence-corrected chi connectivity index (χ4v) is 2.94. The summed E-state index contributed by atoms with van der Waals surface area (Å²) >= 11 is 0. The normalized spacial score (nSPS) is 14.1. The van der Waals surface area contributed by atoms with Gasteiger partial charge in [-0.25, -0.2) is 19.2 Å². The number of aromatic nitrogens is 2. The Kier molecular flexibility index (Phi) is 4.64. The first kappa shape index (κ1) is 20.4. The number of halogens is 3. The lowest BCUT2D eigenvalue weighted by Gasteiger charge is -2.23. The molecule has 0 saturated heterocycles. The number of hydrogen-bond acceptors (Lipinski definition) is 5. The molecule has 0 radical (unpaired) electrons. The topological polar surface area (TPSA) is 102 Å². The van der Waals surface area contributed by atoms with Gasteiger partial charge in [0.25, 0.3) is 5.91 Å². The van der Waals surface area contributed by atoms with E-state index in [0.29, 0.717) is 10.9 Å². The van der Waals surface area contributed by atoms with Gasteiger partial charge in [0.05, 0.1) is 18.4 Å². The van der Waals surface area contributed by atoms with Crippen LogP contribution in [-0.4, -0.2) is 43.4 Å². The van der Waals surface area contributed by atoms with Crippen molar-refractivity contribution in [3.05, 3.63) is 46.8 Å². The molecule has 29 heavy (non-hydrogen) atoms. The fraction of sp³-hybridized carbons (Fsp3) is 0.333. The standard InChI is InChI=1S/C18H16F3N3O5/c1-17(2,3)29-16(28)23-8-11-9(14(23)25)5-4-6-12(11)24-13(18(19,20)21)10(7-22-24)15(26)27/h4-7H,8H2,1-3H3,(H,26,27). The van der Waals surface area contributed by atoms with Gasteiger partial charge in [-0.15, -0.1) is 0 Å². The van der Waals surface area contributed by atoms with Gasteiger partial charge in [0.1, 0.15) is 11.2 Å². The number of carboxylic acid groups (broad SMARTS) is 1. The Balaban J connectivity index is 2.10. The molecule has 0 atom stereocenters. The average Bonchev–Trinajstić information content (AvgIpc) is 3.15. The van der Waals surface area contributed by atoms with E-state index >= 15 is 0 Å². The number of amides is 2. The van der Waals surface area contributed by atoms with Crippen molar-refractivity contribution in [1.82, 2.24) is 14.7 Å². The van der Waals surface area contributed by atoms with Crippen LogP contribution in [0.25, 0.3) is 5.69 Å². The van der Waals surface area contributed by atoms with Crippen molar-refractivity contribution in [3.8, 4) is 5.69 Å². The molecule has 1 aromatic carbocycles. The van der Waals surface area contributed by atoms with Crippen molar-refractivity contribution in [2.24, 2.45) is 0 Å². The Hall–Kier alpha value is -3.37. The van der Waals surface area contributed by atoms with E-state index in [2.05, 4.69) is 5.10 Å². The van der Waals surface area contributed by atoms with Crippen molar-refractivity contribution in [3.63, 3.8) is 0 Å². The first-order valence-electron chi connectivity index (χ1n) is 8.37. The summed E-state index contributed by atoms with van der Waals surface area (Å²) in [6, 6.07) is 3.95. The molecule has 1 aromatic heterocycles. The second-order valence-electron chi connectivity index (χ2n) is 7.30. The third-order valence-corrected chi connectivity index (χ3v) is 4.05. The molecule has 8 nitrogen and oxygen atoms in total. The molecule has 2 amide bonds. The third kappa shape index (κ3) is 3.67. The van der Waals surface area contributed by atoms with E-state index < -0.39 is 41.0 Å². The number of nitrogens with zero attached hydrogens (tertiary/aromatic N) is 3.